The van der Waals surface area contributed by atoms with Gasteiger partial charge in [-0.25, -0.2) is 4.39 Å². The van der Waals surface area contributed by atoms with Gasteiger partial charge in [-0.3, -0.25) is 14.2 Å². The maximum atomic E-state index is 18.4. The van der Waals surface area contributed by atoms with E-state index in [1.54, 1.807) is 26.8 Å². The Labute approximate surface area is 264 Å². The first-order valence-corrected chi connectivity index (χ1v) is 20.8. The van der Waals surface area contributed by atoms with Gasteiger partial charge in [-0.2, -0.15) is 0 Å². The second kappa shape index (κ2) is 11.9. The molecule has 4 aliphatic rings. The number of carbonyl (C=O) groups excluding carboxylic acids is 2. The molecule has 4 aliphatic carbocycles. The van der Waals surface area contributed by atoms with Gasteiger partial charge in [-0.15, -0.1) is 0 Å². The molecule has 8 atom stereocenters. The lowest BCUT2D eigenvalue weighted by Crippen LogP contribution is -2.69. The first kappa shape index (κ1) is 35.8. The molecule has 44 heavy (non-hydrogen) atoms. The lowest BCUT2D eigenvalue weighted by molar-refractivity contribution is -0.224. The quantitative estimate of drug-likeness (QED) is 0.142. The lowest BCUT2D eigenvalue weighted by atomic mass is 9.45. The number of allylic oxidation sites excluding steroid dienone is 4. The number of halogens is 1. The van der Waals surface area contributed by atoms with Crippen molar-refractivity contribution in [1.29, 1.82) is 0 Å². The molecule has 250 valence electrons. The molecule has 0 bridgehead atoms. The summed E-state index contributed by atoms with van der Waals surface area (Å²) < 4.78 is 55.5. The Bertz CT molecular complexity index is 1250. The summed E-state index contributed by atoms with van der Waals surface area (Å²) in [5, 5.41) is 12.4. The van der Waals surface area contributed by atoms with Crippen molar-refractivity contribution < 1.29 is 41.9 Å². The highest BCUT2D eigenvalue weighted by atomic mass is 31.2. The van der Waals surface area contributed by atoms with Crippen molar-refractivity contribution in [3.05, 3.63) is 23.8 Å². The Hall–Kier alpha value is -1.00. The Kier molecular flexibility index (Phi) is 9.70. The molecule has 0 heterocycles. The molecule has 8 nitrogen and oxygen atoms in total. The maximum absolute atomic E-state index is 18.4. The molecule has 0 aliphatic heterocycles. The van der Waals surface area contributed by atoms with E-state index >= 15 is 4.39 Å². The minimum Gasteiger partial charge on any atom is -0.409 e. The van der Waals surface area contributed by atoms with Crippen molar-refractivity contribution in [2.75, 3.05) is 26.2 Å². The van der Waals surface area contributed by atoms with Crippen LogP contribution in [-0.4, -0.2) is 68.5 Å². The van der Waals surface area contributed by atoms with Gasteiger partial charge < -0.3 is 23.3 Å². The Morgan fingerprint density at radius 2 is 1.77 bits per heavy atom. The summed E-state index contributed by atoms with van der Waals surface area (Å²) in [4.78, 5) is 26.5. The SMILES string of the molecule is CCOP(=O)(CO[C@H]1C[C@@]2(C)[C@@H](C[C@@H](C)[C@]2(O)C(=O)CO[Si](C)(C)C(C)(C)C)[C@@H]2CC=C3CC(=O)C=C[C@]3(C)[C@@]12F)OCC. The summed E-state index contributed by atoms with van der Waals surface area (Å²) in [5.41, 5.74) is -5.29. The van der Waals surface area contributed by atoms with Crippen molar-refractivity contribution in [2.24, 2.45) is 28.6 Å². The number of hydrogen-bond acceptors (Lipinski definition) is 8. The van der Waals surface area contributed by atoms with Crippen LogP contribution in [0.15, 0.2) is 23.8 Å². The predicted octanol–water partition coefficient (Wildman–Crippen LogP) is 7.17. The number of aliphatic hydroxyl groups is 1. The minimum absolute atomic E-state index is 0.0141. The van der Waals surface area contributed by atoms with Crippen molar-refractivity contribution in [3.63, 3.8) is 0 Å². The van der Waals surface area contributed by atoms with E-state index < -0.39 is 62.3 Å². The molecule has 0 saturated heterocycles. The standard InChI is InChI=1S/C33H54FO8PSi/c1-11-40-43(38,41-12-2)21-39-28-19-31(8)26(25-14-13-23-18-24(35)15-16-30(23,7)32(25,28)34)17-22(3)33(31,37)27(36)20-42-44(9,10)29(4,5)6/h13,15-16,22,25-26,28,37H,11-12,14,17-21H2,1-10H3/t22-,25+,26+,28+,30+,31+,32+,33+/m1/s1. The summed E-state index contributed by atoms with van der Waals surface area (Å²) >= 11 is 0. The largest absolute Gasteiger partial charge is 0.409 e. The molecule has 0 unspecified atom stereocenters. The van der Waals surface area contributed by atoms with E-state index in [0.717, 1.165) is 0 Å². The normalized spacial score (nSPS) is 39.0. The Morgan fingerprint density at radius 1 is 1.16 bits per heavy atom. The van der Waals surface area contributed by atoms with Gasteiger partial charge in [0, 0.05) is 23.2 Å². The number of rotatable bonds is 11. The van der Waals surface area contributed by atoms with Crippen LogP contribution in [0.4, 0.5) is 4.39 Å². The molecule has 0 radical (unpaired) electrons. The summed E-state index contributed by atoms with van der Waals surface area (Å²) in [6.45, 7) is 19.4. The van der Waals surface area contributed by atoms with Crippen molar-refractivity contribution in [1.82, 2.24) is 0 Å². The van der Waals surface area contributed by atoms with E-state index in [-0.39, 0.29) is 55.2 Å². The van der Waals surface area contributed by atoms with Crippen LogP contribution in [0.1, 0.15) is 81.1 Å². The molecule has 2 fully saturated rings. The molecule has 4 rings (SSSR count). The van der Waals surface area contributed by atoms with Gasteiger partial charge >= 0.3 is 7.60 Å². The smallest absolute Gasteiger partial charge is 0.356 e. The number of fused-ring (bicyclic) bond motifs is 5. The van der Waals surface area contributed by atoms with Gasteiger partial charge in [0.2, 0.25) is 0 Å². The molecule has 0 amide bonds. The third-order valence-electron chi connectivity index (χ3n) is 12.0. The first-order chi connectivity index (χ1) is 20.2. The van der Waals surface area contributed by atoms with Crippen LogP contribution < -0.4 is 0 Å². The zero-order chi connectivity index (χ0) is 33.1. The number of hydrogen-bond donors (Lipinski definition) is 1. The highest BCUT2D eigenvalue weighted by Crippen LogP contribution is 2.71. The van der Waals surface area contributed by atoms with Crippen LogP contribution in [0.3, 0.4) is 0 Å². The van der Waals surface area contributed by atoms with Crippen LogP contribution in [0, 0.1) is 28.6 Å². The first-order valence-electron chi connectivity index (χ1n) is 16.2. The number of ether oxygens (including phenoxy) is 1. The van der Waals surface area contributed by atoms with Crippen LogP contribution in [0.25, 0.3) is 0 Å². The molecule has 2 saturated carbocycles. The van der Waals surface area contributed by atoms with E-state index in [1.807, 2.05) is 19.9 Å². The topological polar surface area (TPSA) is 108 Å². The molecule has 1 N–H and O–H groups in total. The van der Waals surface area contributed by atoms with Crippen LogP contribution in [-0.2, 0) is 32.4 Å². The van der Waals surface area contributed by atoms with Gasteiger partial charge in [0.15, 0.2) is 25.6 Å². The fraction of sp³-hybridized carbons (Fsp3) is 0.818. The zero-order valence-corrected chi connectivity index (χ0v) is 30.2. The third kappa shape index (κ3) is 5.42. The van der Waals surface area contributed by atoms with Crippen molar-refractivity contribution in [3.8, 4) is 0 Å². The van der Waals surface area contributed by atoms with E-state index in [9.17, 15) is 19.3 Å². The molecular weight excluding hydrogens is 602 g/mol. The zero-order valence-electron chi connectivity index (χ0n) is 28.3. The van der Waals surface area contributed by atoms with Gasteiger partial charge in [0.1, 0.15) is 11.9 Å². The van der Waals surface area contributed by atoms with Gasteiger partial charge in [-0.05, 0) is 76.1 Å². The second-order valence-corrected chi connectivity index (χ2v) is 22.2. The highest BCUT2D eigenvalue weighted by Gasteiger charge is 2.76. The molecule has 0 aromatic carbocycles. The fourth-order valence-electron chi connectivity index (χ4n) is 8.45. The summed E-state index contributed by atoms with van der Waals surface area (Å²) in [5.74, 6) is -1.89. The van der Waals surface area contributed by atoms with Crippen LogP contribution in [0.2, 0.25) is 18.1 Å². The summed E-state index contributed by atoms with van der Waals surface area (Å²) in [6.07, 6.45) is 4.39. The van der Waals surface area contributed by atoms with Gasteiger partial charge in [0.05, 0.1) is 25.9 Å². The van der Waals surface area contributed by atoms with Crippen molar-refractivity contribution in [2.45, 2.75) is 117 Å². The minimum atomic E-state index is -3.71. The highest BCUT2D eigenvalue weighted by molar-refractivity contribution is 7.53. The predicted molar refractivity (Wildman–Crippen MR) is 171 cm³/mol. The number of Topliss-reactive ketones (excluding diaryl/α,β-unsaturated/α-hetero) is 1. The average molecular weight is 657 g/mol. The Balaban J connectivity index is 1.78. The van der Waals surface area contributed by atoms with Gasteiger partial charge in [0.25, 0.3) is 0 Å². The number of carbonyl (C=O) groups is 2. The molecule has 0 aromatic heterocycles. The molecular formula is C33H54FO8PSi. The van der Waals surface area contributed by atoms with Gasteiger partial charge in [-0.1, -0.05) is 52.3 Å². The number of alkyl halides is 1. The van der Waals surface area contributed by atoms with E-state index in [2.05, 4.69) is 33.9 Å². The summed E-state index contributed by atoms with van der Waals surface area (Å²) in [7, 11) is -6.01. The Morgan fingerprint density at radius 3 is 2.34 bits per heavy atom. The fourth-order valence-corrected chi connectivity index (χ4v) is 10.7. The molecule has 0 spiro atoms. The van der Waals surface area contributed by atoms with E-state index in [1.165, 1.54) is 6.08 Å². The third-order valence-corrected chi connectivity index (χ3v) is 18.3. The monoisotopic (exact) mass is 656 g/mol. The average Bonchev–Trinajstić information content (AvgIpc) is 3.12. The van der Waals surface area contributed by atoms with E-state index in [0.29, 0.717) is 18.4 Å². The van der Waals surface area contributed by atoms with E-state index in [4.69, 9.17) is 18.2 Å². The second-order valence-electron chi connectivity index (χ2n) is 15.4. The maximum Gasteiger partial charge on any atom is 0.356 e. The van der Waals surface area contributed by atoms with Crippen LogP contribution in [0.5, 0.6) is 0 Å². The number of ketones is 2. The molecule has 0 aromatic rings. The lowest BCUT2D eigenvalue weighted by Gasteiger charge is -2.62. The van der Waals surface area contributed by atoms with Crippen molar-refractivity contribution >= 4 is 27.5 Å². The molecule has 11 heteroatoms. The summed E-state index contributed by atoms with van der Waals surface area (Å²) in [6, 6.07) is 0. The van der Waals surface area contributed by atoms with Crippen LogP contribution >= 0.6 is 7.60 Å².